The number of carbonyl (C=O) groups is 1. The van der Waals surface area contributed by atoms with Crippen molar-refractivity contribution >= 4 is 38.9 Å². The summed E-state index contributed by atoms with van der Waals surface area (Å²) in [5, 5.41) is 7.48. The maximum absolute atomic E-state index is 13.6. The Kier molecular flexibility index (Phi) is 6.19. The van der Waals surface area contributed by atoms with Gasteiger partial charge in [0.1, 0.15) is 11.4 Å². The van der Waals surface area contributed by atoms with Crippen molar-refractivity contribution in [2.75, 3.05) is 16.2 Å². The molecule has 30 heavy (non-hydrogen) atoms. The quantitative estimate of drug-likeness (QED) is 0.623. The number of benzene rings is 2. The van der Waals surface area contributed by atoms with Crippen molar-refractivity contribution in [3.8, 4) is 0 Å². The zero-order chi connectivity index (χ0) is 22.1. The van der Waals surface area contributed by atoms with E-state index in [-0.39, 0.29) is 11.4 Å². The number of sulfonamides is 1. The molecule has 0 spiro atoms. The molecule has 0 radical (unpaired) electrons. The highest BCUT2D eigenvalue weighted by molar-refractivity contribution is 7.93. The normalized spacial score (nSPS) is 11.4. The number of nitrogens with zero attached hydrogens (tertiary/aromatic N) is 3. The van der Waals surface area contributed by atoms with Crippen molar-refractivity contribution in [1.82, 2.24) is 9.78 Å². The number of halogens is 1. The van der Waals surface area contributed by atoms with Crippen molar-refractivity contribution < 1.29 is 13.2 Å². The minimum absolute atomic E-state index is 0.102. The van der Waals surface area contributed by atoms with E-state index in [2.05, 4.69) is 10.4 Å². The van der Waals surface area contributed by atoms with Crippen molar-refractivity contribution in [3.05, 3.63) is 70.5 Å². The van der Waals surface area contributed by atoms with Crippen molar-refractivity contribution in [2.24, 2.45) is 7.05 Å². The number of carbonyl (C=O) groups excluding carboxylic acids is 1. The van der Waals surface area contributed by atoms with Gasteiger partial charge in [-0.05, 0) is 57.2 Å². The highest BCUT2D eigenvalue weighted by Gasteiger charge is 2.32. The summed E-state index contributed by atoms with van der Waals surface area (Å²) in [5.74, 6) is -0.472. The summed E-state index contributed by atoms with van der Waals surface area (Å²) >= 11 is 5.88. The number of amides is 1. The zero-order valence-corrected chi connectivity index (χ0v) is 18.8. The molecule has 3 aromatic rings. The Morgan fingerprint density at radius 2 is 1.67 bits per heavy atom. The average Bonchev–Trinajstić information content (AvgIpc) is 2.94. The molecule has 158 valence electrons. The third-order valence-corrected chi connectivity index (χ3v) is 7.01. The average molecular weight is 447 g/mol. The largest absolute Gasteiger partial charge is 0.325 e. The van der Waals surface area contributed by atoms with Gasteiger partial charge in [-0.2, -0.15) is 5.10 Å². The highest BCUT2D eigenvalue weighted by atomic mass is 35.5. The van der Waals surface area contributed by atoms with E-state index in [1.54, 1.807) is 69.4 Å². The molecule has 7 nitrogen and oxygen atoms in total. The Balaban J connectivity index is 1.99. The van der Waals surface area contributed by atoms with E-state index < -0.39 is 15.9 Å². The van der Waals surface area contributed by atoms with Crippen LogP contribution in [0.2, 0.25) is 5.02 Å². The van der Waals surface area contributed by atoms with Gasteiger partial charge in [0.25, 0.3) is 10.0 Å². The lowest BCUT2D eigenvalue weighted by Gasteiger charge is -2.24. The van der Waals surface area contributed by atoms with Gasteiger partial charge in [0.15, 0.2) is 0 Å². The topological polar surface area (TPSA) is 84.3 Å². The van der Waals surface area contributed by atoms with Crippen LogP contribution in [0.4, 0.5) is 11.4 Å². The van der Waals surface area contributed by atoms with Crippen molar-refractivity contribution in [1.29, 1.82) is 0 Å². The Bertz CT molecular complexity index is 1170. The minimum Gasteiger partial charge on any atom is -0.325 e. The molecule has 1 N–H and O–H groups in total. The second-order valence-electron chi connectivity index (χ2n) is 7.03. The number of rotatable bonds is 6. The summed E-state index contributed by atoms with van der Waals surface area (Å²) in [6, 6.07) is 13.6. The number of aromatic nitrogens is 2. The molecule has 1 heterocycles. The molecule has 9 heteroatoms. The van der Waals surface area contributed by atoms with Gasteiger partial charge in [-0.1, -0.05) is 29.3 Å². The molecule has 0 saturated carbocycles. The first-order valence-electron chi connectivity index (χ1n) is 9.24. The molecule has 1 aromatic heterocycles. The van der Waals surface area contributed by atoms with Crippen LogP contribution in [0.5, 0.6) is 0 Å². The van der Waals surface area contributed by atoms with Crippen LogP contribution in [-0.4, -0.2) is 30.7 Å². The lowest BCUT2D eigenvalue weighted by atomic mass is 10.2. The molecule has 0 aliphatic carbocycles. The molecule has 0 bridgehead atoms. The Labute approximate surface area is 181 Å². The fourth-order valence-corrected chi connectivity index (χ4v) is 5.08. The SMILES string of the molecule is Cc1ccc(N(CC(=O)Nc2ccc(Cl)cc2)S(=O)(=O)c2c(C)nn(C)c2C)cc1. The van der Waals surface area contributed by atoms with Gasteiger partial charge in [-0.15, -0.1) is 0 Å². The van der Waals surface area contributed by atoms with E-state index in [9.17, 15) is 13.2 Å². The Hall–Kier alpha value is -2.84. The first kappa shape index (κ1) is 21.9. The number of nitrogens with one attached hydrogen (secondary N) is 1. The number of anilines is 2. The molecular formula is C21H23ClN4O3S. The third kappa shape index (κ3) is 4.49. The monoisotopic (exact) mass is 446 g/mol. The molecule has 1 amide bonds. The second kappa shape index (κ2) is 8.49. The molecule has 0 saturated heterocycles. The maximum Gasteiger partial charge on any atom is 0.268 e. The van der Waals surface area contributed by atoms with Gasteiger partial charge >= 0.3 is 0 Å². The molecule has 0 unspecified atom stereocenters. The highest BCUT2D eigenvalue weighted by Crippen LogP contribution is 2.28. The molecule has 2 aromatic carbocycles. The minimum atomic E-state index is -4.03. The molecule has 0 atom stereocenters. The molecular weight excluding hydrogens is 424 g/mol. The van der Waals surface area contributed by atoms with Gasteiger partial charge in [0, 0.05) is 17.8 Å². The lowest BCUT2D eigenvalue weighted by Crippen LogP contribution is -2.38. The van der Waals surface area contributed by atoms with E-state index in [1.165, 1.54) is 4.68 Å². The fourth-order valence-electron chi connectivity index (χ4n) is 3.13. The third-order valence-electron chi connectivity index (χ3n) is 4.73. The lowest BCUT2D eigenvalue weighted by molar-refractivity contribution is -0.114. The predicted octanol–water partition coefficient (Wildman–Crippen LogP) is 3.83. The van der Waals surface area contributed by atoms with Gasteiger partial charge in [-0.3, -0.25) is 13.8 Å². The van der Waals surface area contributed by atoms with Crippen LogP contribution in [0.25, 0.3) is 0 Å². The van der Waals surface area contributed by atoms with E-state index >= 15 is 0 Å². The number of hydrogen-bond acceptors (Lipinski definition) is 4. The predicted molar refractivity (Wildman–Crippen MR) is 118 cm³/mol. The molecule has 0 aliphatic rings. The van der Waals surface area contributed by atoms with Crippen LogP contribution in [0.15, 0.2) is 53.4 Å². The van der Waals surface area contributed by atoms with E-state index in [0.717, 1.165) is 9.87 Å². The van der Waals surface area contributed by atoms with Crippen LogP contribution in [0.1, 0.15) is 17.0 Å². The number of aryl methyl sites for hydroxylation is 3. The first-order valence-corrected chi connectivity index (χ1v) is 11.1. The second-order valence-corrected chi connectivity index (χ2v) is 9.26. The molecule has 0 fully saturated rings. The summed E-state index contributed by atoms with van der Waals surface area (Å²) < 4.78 is 29.8. The standard InChI is InChI=1S/C21H23ClN4O3S/c1-14-5-11-19(12-6-14)26(13-20(27)23-18-9-7-17(22)8-10-18)30(28,29)21-15(2)24-25(4)16(21)3/h5-12H,13H2,1-4H3,(H,23,27). The summed E-state index contributed by atoms with van der Waals surface area (Å²) in [6.07, 6.45) is 0. The van der Waals surface area contributed by atoms with Gasteiger partial charge in [0.2, 0.25) is 5.91 Å². The van der Waals surface area contributed by atoms with Crippen molar-refractivity contribution in [2.45, 2.75) is 25.7 Å². The fraction of sp³-hybridized carbons (Fsp3) is 0.238. The Morgan fingerprint density at radius 1 is 1.07 bits per heavy atom. The smallest absolute Gasteiger partial charge is 0.268 e. The van der Waals surface area contributed by atoms with Crippen LogP contribution >= 0.6 is 11.6 Å². The van der Waals surface area contributed by atoms with E-state index in [0.29, 0.717) is 27.8 Å². The Morgan fingerprint density at radius 3 is 2.20 bits per heavy atom. The van der Waals surface area contributed by atoms with Crippen LogP contribution in [-0.2, 0) is 21.9 Å². The summed E-state index contributed by atoms with van der Waals surface area (Å²) in [5.41, 5.74) is 2.79. The van der Waals surface area contributed by atoms with E-state index in [1.807, 2.05) is 6.92 Å². The van der Waals surface area contributed by atoms with Gasteiger partial charge in [-0.25, -0.2) is 8.42 Å². The first-order chi connectivity index (χ1) is 14.1. The zero-order valence-electron chi connectivity index (χ0n) is 17.2. The summed E-state index contributed by atoms with van der Waals surface area (Å²) in [7, 11) is -2.35. The summed E-state index contributed by atoms with van der Waals surface area (Å²) in [4.78, 5) is 12.8. The number of hydrogen-bond donors (Lipinski definition) is 1. The summed E-state index contributed by atoms with van der Waals surface area (Å²) in [6.45, 7) is 4.85. The van der Waals surface area contributed by atoms with E-state index in [4.69, 9.17) is 11.6 Å². The van der Waals surface area contributed by atoms with Crippen LogP contribution in [0, 0.1) is 20.8 Å². The van der Waals surface area contributed by atoms with Crippen LogP contribution < -0.4 is 9.62 Å². The van der Waals surface area contributed by atoms with Crippen LogP contribution in [0.3, 0.4) is 0 Å². The van der Waals surface area contributed by atoms with Crippen molar-refractivity contribution in [3.63, 3.8) is 0 Å². The van der Waals surface area contributed by atoms with Gasteiger partial charge < -0.3 is 5.32 Å². The molecule has 0 aliphatic heterocycles. The van der Waals surface area contributed by atoms with Gasteiger partial charge in [0.05, 0.1) is 17.1 Å². The maximum atomic E-state index is 13.6. The molecule has 3 rings (SSSR count).